The number of amides is 2. The molecule has 7 nitrogen and oxygen atoms in total. The molecule has 2 N–H and O–H groups in total. The van der Waals surface area contributed by atoms with Crippen LogP contribution in [0.1, 0.15) is 52.8 Å². The Bertz CT molecular complexity index is 1210. The molecule has 2 amide bonds. The van der Waals surface area contributed by atoms with Crippen LogP contribution in [0.15, 0.2) is 46.0 Å². The molecule has 9 heteroatoms. The van der Waals surface area contributed by atoms with Crippen LogP contribution in [0.25, 0.3) is 0 Å². The Morgan fingerprint density at radius 2 is 1.79 bits per heavy atom. The van der Waals surface area contributed by atoms with Gasteiger partial charge in [-0.15, -0.1) is 10.2 Å². The minimum absolute atomic E-state index is 0.0972. The molecule has 0 bridgehead atoms. The number of aryl methyl sites for hydroxylation is 3. The van der Waals surface area contributed by atoms with Crippen LogP contribution in [-0.2, 0) is 11.8 Å². The predicted octanol–water partition coefficient (Wildman–Crippen LogP) is 5.36. The van der Waals surface area contributed by atoms with E-state index in [1.54, 1.807) is 6.07 Å². The van der Waals surface area contributed by atoms with Crippen LogP contribution in [-0.4, -0.2) is 32.3 Å². The molecule has 1 heterocycles. The average Bonchev–Trinajstić information content (AvgIpc) is 3.14. The van der Waals surface area contributed by atoms with Crippen molar-refractivity contribution < 1.29 is 9.59 Å². The first-order chi connectivity index (χ1) is 16.1. The summed E-state index contributed by atoms with van der Waals surface area (Å²) in [5.41, 5.74) is 4.64. The van der Waals surface area contributed by atoms with Gasteiger partial charge in [-0.1, -0.05) is 43.3 Å². The van der Waals surface area contributed by atoms with E-state index in [4.69, 9.17) is 0 Å². The number of carbonyl (C=O) groups is 2. The lowest BCUT2D eigenvalue weighted by molar-refractivity contribution is -0.113. The van der Waals surface area contributed by atoms with E-state index in [1.165, 1.54) is 11.8 Å². The standard InChI is InChI=1S/C25H30BrN5O2S/c1-14(2)22(28-24(33)18-9-7-8-15(3)10-18)23-29-30-25(31(23)6)34-13-21(32)27-20-12-17(5)16(4)11-19(20)26/h7-12,14,22H,13H2,1-6H3,(H,27,32)(H,28,33)/t22-/m0/s1. The Hall–Kier alpha value is -2.65. The number of carbonyl (C=O) groups excluding carboxylic acids is 2. The van der Waals surface area contributed by atoms with Gasteiger partial charge >= 0.3 is 0 Å². The Morgan fingerprint density at radius 3 is 2.47 bits per heavy atom. The topological polar surface area (TPSA) is 88.9 Å². The van der Waals surface area contributed by atoms with Gasteiger partial charge in [-0.2, -0.15) is 0 Å². The largest absolute Gasteiger partial charge is 0.342 e. The fraction of sp³-hybridized carbons (Fsp3) is 0.360. The summed E-state index contributed by atoms with van der Waals surface area (Å²) in [6, 6.07) is 11.1. The monoisotopic (exact) mass is 543 g/mol. The molecule has 34 heavy (non-hydrogen) atoms. The third kappa shape index (κ3) is 6.27. The van der Waals surface area contributed by atoms with Crippen LogP contribution in [0.3, 0.4) is 0 Å². The number of nitrogens with one attached hydrogen (secondary N) is 2. The smallest absolute Gasteiger partial charge is 0.251 e. The van der Waals surface area contributed by atoms with E-state index in [-0.39, 0.29) is 29.5 Å². The lowest BCUT2D eigenvalue weighted by Gasteiger charge is -2.22. The number of hydrogen-bond acceptors (Lipinski definition) is 5. The highest BCUT2D eigenvalue weighted by Gasteiger charge is 2.25. The quantitative estimate of drug-likeness (QED) is 0.373. The zero-order valence-electron chi connectivity index (χ0n) is 20.3. The Balaban J connectivity index is 1.68. The number of rotatable bonds is 8. The molecular weight excluding hydrogens is 514 g/mol. The molecule has 1 aromatic heterocycles. The molecule has 3 rings (SSSR count). The van der Waals surface area contributed by atoms with Gasteiger partial charge in [-0.25, -0.2) is 0 Å². The number of anilines is 1. The van der Waals surface area contributed by atoms with Crippen molar-refractivity contribution in [2.45, 2.75) is 45.8 Å². The van der Waals surface area contributed by atoms with Gasteiger partial charge in [0.2, 0.25) is 5.91 Å². The van der Waals surface area contributed by atoms with Crippen LogP contribution >= 0.6 is 27.7 Å². The van der Waals surface area contributed by atoms with Crippen molar-refractivity contribution in [3.63, 3.8) is 0 Å². The van der Waals surface area contributed by atoms with E-state index >= 15 is 0 Å². The van der Waals surface area contributed by atoms with Crippen molar-refractivity contribution in [1.82, 2.24) is 20.1 Å². The number of hydrogen-bond donors (Lipinski definition) is 2. The number of halogens is 1. The second-order valence-electron chi connectivity index (χ2n) is 8.72. The maximum atomic E-state index is 12.8. The highest BCUT2D eigenvalue weighted by atomic mass is 79.9. The summed E-state index contributed by atoms with van der Waals surface area (Å²) in [7, 11) is 1.85. The number of thioether (sulfide) groups is 1. The Kier molecular flexibility index (Phi) is 8.54. The third-order valence-corrected chi connectivity index (χ3v) is 7.25. The molecule has 180 valence electrons. The van der Waals surface area contributed by atoms with Gasteiger partial charge in [-0.05, 0) is 78.0 Å². The van der Waals surface area contributed by atoms with Crippen LogP contribution in [0.4, 0.5) is 5.69 Å². The molecule has 0 radical (unpaired) electrons. The second kappa shape index (κ2) is 11.2. The van der Waals surface area contributed by atoms with Crippen molar-refractivity contribution in [3.05, 3.63) is 68.9 Å². The van der Waals surface area contributed by atoms with Gasteiger partial charge in [0.15, 0.2) is 11.0 Å². The molecule has 0 spiro atoms. The van der Waals surface area contributed by atoms with E-state index in [1.807, 2.05) is 76.6 Å². The van der Waals surface area contributed by atoms with Crippen LogP contribution < -0.4 is 10.6 Å². The van der Waals surface area contributed by atoms with Gasteiger partial charge in [0.05, 0.1) is 17.5 Å². The number of nitrogens with zero attached hydrogens (tertiary/aromatic N) is 3. The molecule has 0 aliphatic carbocycles. The summed E-state index contributed by atoms with van der Waals surface area (Å²) >= 11 is 4.81. The summed E-state index contributed by atoms with van der Waals surface area (Å²) in [5.74, 6) is 0.646. The summed E-state index contributed by atoms with van der Waals surface area (Å²) in [6.07, 6.45) is 0. The SMILES string of the molecule is Cc1cccc(C(=O)N[C@H](c2nnc(SCC(=O)Nc3cc(C)c(C)cc3Br)n2C)C(C)C)c1. The summed E-state index contributed by atoms with van der Waals surface area (Å²) in [4.78, 5) is 25.4. The average molecular weight is 545 g/mol. The van der Waals surface area contributed by atoms with E-state index < -0.39 is 0 Å². The first-order valence-corrected chi connectivity index (χ1v) is 12.8. The minimum Gasteiger partial charge on any atom is -0.342 e. The third-order valence-electron chi connectivity index (χ3n) is 5.57. The molecule has 0 saturated heterocycles. The summed E-state index contributed by atoms with van der Waals surface area (Å²) in [6.45, 7) is 10.0. The summed E-state index contributed by atoms with van der Waals surface area (Å²) < 4.78 is 2.68. The maximum Gasteiger partial charge on any atom is 0.251 e. The van der Waals surface area contributed by atoms with E-state index in [9.17, 15) is 9.59 Å². The van der Waals surface area contributed by atoms with Gasteiger partial charge in [0.1, 0.15) is 0 Å². The normalized spacial score (nSPS) is 12.0. The first-order valence-electron chi connectivity index (χ1n) is 11.0. The number of aromatic nitrogens is 3. The molecule has 0 unspecified atom stereocenters. The van der Waals surface area contributed by atoms with Crippen LogP contribution in [0, 0.1) is 26.7 Å². The van der Waals surface area contributed by atoms with Crippen molar-refractivity contribution in [3.8, 4) is 0 Å². The maximum absolute atomic E-state index is 12.8. The van der Waals surface area contributed by atoms with Crippen molar-refractivity contribution >= 4 is 45.2 Å². The van der Waals surface area contributed by atoms with Crippen molar-refractivity contribution in [2.24, 2.45) is 13.0 Å². The molecule has 2 aromatic carbocycles. The van der Waals surface area contributed by atoms with E-state index in [0.717, 1.165) is 26.9 Å². The molecule has 1 atom stereocenters. The van der Waals surface area contributed by atoms with Crippen LogP contribution in [0.2, 0.25) is 0 Å². The minimum atomic E-state index is -0.319. The molecule has 0 aliphatic rings. The highest BCUT2D eigenvalue weighted by molar-refractivity contribution is 9.10. The van der Waals surface area contributed by atoms with Gasteiger partial charge in [-0.3, -0.25) is 9.59 Å². The number of benzene rings is 2. The molecular formula is C25H30BrN5O2S. The molecule has 3 aromatic rings. The fourth-order valence-electron chi connectivity index (χ4n) is 3.46. The molecule has 0 aliphatic heterocycles. The fourth-order valence-corrected chi connectivity index (χ4v) is 4.73. The van der Waals surface area contributed by atoms with Crippen molar-refractivity contribution in [2.75, 3.05) is 11.1 Å². The van der Waals surface area contributed by atoms with Gasteiger partial charge < -0.3 is 15.2 Å². The first kappa shape index (κ1) is 26.0. The molecule has 0 fully saturated rings. The van der Waals surface area contributed by atoms with E-state index in [2.05, 4.69) is 36.8 Å². The Morgan fingerprint density at radius 1 is 1.09 bits per heavy atom. The summed E-state index contributed by atoms with van der Waals surface area (Å²) in [5, 5.41) is 15.3. The zero-order chi connectivity index (χ0) is 25.0. The second-order valence-corrected chi connectivity index (χ2v) is 10.5. The zero-order valence-corrected chi connectivity index (χ0v) is 22.7. The van der Waals surface area contributed by atoms with Gasteiger partial charge in [0, 0.05) is 17.1 Å². The van der Waals surface area contributed by atoms with Crippen LogP contribution in [0.5, 0.6) is 0 Å². The predicted molar refractivity (Wildman–Crippen MR) is 140 cm³/mol. The van der Waals surface area contributed by atoms with Gasteiger partial charge in [0.25, 0.3) is 5.91 Å². The Labute approximate surface area is 213 Å². The lowest BCUT2D eigenvalue weighted by atomic mass is 10.0. The van der Waals surface area contributed by atoms with E-state index in [0.29, 0.717) is 16.5 Å². The molecule has 0 saturated carbocycles. The highest BCUT2D eigenvalue weighted by Crippen LogP contribution is 2.27. The lowest BCUT2D eigenvalue weighted by Crippen LogP contribution is -2.33. The van der Waals surface area contributed by atoms with Crippen molar-refractivity contribution in [1.29, 1.82) is 0 Å².